The lowest BCUT2D eigenvalue weighted by molar-refractivity contribution is -0.00000401. The average Bonchev–Trinajstić information content (AvgIpc) is 2.24. The van der Waals surface area contributed by atoms with Crippen LogP contribution in [0.4, 0.5) is 0 Å². The molecule has 0 N–H and O–H groups in total. The predicted octanol–water partition coefficient (Wildman–Crippen LogP) is 1.55. The van der Waals surface area contributed by atoms with Gasteiger partial charge < -0.3 is 17.0 Å². The third kappa shape index (κ3) is 5.35. The van der Waals surface area contributed by atoms with Gasteiger partial charge in [-0.05, 0) is 12.2 Å². The first kappa shape index (κ1) is 17.5. The molecule has 0 aromatic heterocycles. The fourth-order valence-electron chi connectivity index (χ4n) is 1.37. The second kappa shape index (κ2) is 6.12. The molecule has 0 aromatic rings. The van der Waals surface area contributed by atoms with E-state index in [1.165, 1.54) is 9.77 Å². The SMILES string of the molecule is CC(C)(C)C1=CC(Br)C=CC(C(C)(C)C)=[S+]1.[Br-]. The highest BCUT2D eigenvalue weighted by Crippen LogP contribution is 2.30. The van der Waals surface area contributed by atoms with Gasteiger partial charge in [-0.25, -0.2) is 0 Å². The van der Waals surface area contributed by atoms with Crippen LogP contribution in [0.15, 0.2) is 23.1 Å². The molecule has 0 aromatic carbocycles. The lowest BCUT2D eigenvalue weighted by atomic mass is 9.92. The largest absolute Gasteiger partial charge is 1.00 e. The zero-order valence-electron chi connectivity index (χ0n) is 11.5. The van der Waals surface area contributed by atoms with Crippen molar-refractivity contribution in [1.29, 1.82) is 0 Å². The van der Waals surface area contributed by atoms with Gasteiger partial charge in [-0.3, -0.25) is 0 Å². The highest BCUT2D eigenvalue weighted by molar-refractivity contribution is 9.09. The fourth-order valence-corrected chi connectivity index (χ4v) is 3.17. The quantitative estimate of drug-likeness (QED) is 0.339. The molecular formula is C14H22Br2S. The molecule has 1 atom stereocenters. The molecule has 0 aliphatic carbocycles. The van der Waals surface area contributed by atoms with Gasteiger partial charge in [0.1, 0.15) is 0 Å². The van der Waals surface area contributed by atoms with Crippen LogP contribution in [0.2, 0.25) is 0 Å². The van der Waals surface area contributed by atoms with Gasteiger partial charge in [0.25, 0.3) is 0 Å². The Kier molecular flexibility index (Phi) is 6.31. The molecule has 0 radical (unpaired) electrons. The second-order valence-electron chi connectivity index (χ2n) is 6.30. The van der Waals surface area contributed by atoms with Crippen LogP contribution in [0.25, 0.3) is 0 Å². The number of hydrogen-bond acceptors (Lipinski definition) is 0. The van der Waals surface area contributed by atoms with E-state index in [9.17, 15) is 0 Å². The maximum atomic E-state index is 3.68. The molecule has 98 valence electrons. The number of alkyl halides is 1. The predicted molar refractivity (Wildman–Crippen MR) is 81.2 cm³/mol. The second-order valence-corrected chi connectivity index (χ2v) is 8.44. The fraction of sp³-hybridized carbons (Fsp3) is 0.643. The summed E-state index contributed by atoms with van der Waals surface area (Å²) in [6.07, 6.45) is 6.81. The van der Waals surface area contributed by atoms with Gasteiger partial charge in [0.2, 0.25) is 21.1 Å². The number of hydrogen-bond donors (Lipinski definition) is 0. The molecule has 0 spiro atoms. The normalized spacial score (nSPS) is 21.2. The van der Waals surface area contributed by atoms with Crippen LogP contribution in [0.1, 0.15) is 41.5 Å². The van der Waals surface area contributed by atoms with Gasteiger partial charge in [0, 0.05) is 10.8 Å². The molecule has 17 heavy (non-hydrogen) atoms. The van der Waals surface area contributed by atoms with Crippen LogP contribution < -0.4 is 17.0 Å². The topological polar surface area (TPSA) is 0 Å². The number of allylic oxidation sites excluding steroid dienone is 4. The number of halogens is 2. The van der Waals surface area contributed by atoms with Gasteiger partial charge in [-0.2, -0.15) is 0 Å². The molecule has 3 heteroatoms. The van der Waals surface area contributed by atoms with Gasteiger partial charge in [-0.1, -0.05) is 63.5 Å². The Bertz CT molecular complexity index is 351. The maximum Gasteiger partial charge on any atom is 0.219 e. The molecule has 0 bridgehead atoms. The van der Waals surface area contributed by atoms with Crippen LogP contribution >= 0.6 is 15.9 Å². The summed E-state index contributed by atoms with van der Waals surface area (Å²) in [5, 5.41) is 0. The van der Waals surface area contributed by atoms with Crippen LogP contribution in [0.5, 0.6) is 0 Å². The van der Waals surface area contributed by atoms with E-state index in [0.717, 1.165) is 0 Å². The average molecular weight is 382 g/mol. The molecule has 0 fully saturated rings. The van der Waals surface area contributed by atoms with Crippen molar-refractivity contribution in [1.82, 2.24) is 0 Å². The minimum absolute atomic E-state index is 0. The minimum atomic E-state index is 0. The van der Waals surface area contributed by atoms with Gasteiger partial charge in [0.05, 0.1) is 4.83 Å². The van der Waals surface area contributed by atoms with E-state index in [1.54, 1.807) is 0 Å². The molecule has 0 saturated carbocycles. The molecule has 0 nitrogen and oxygen atoms in total. The Morgan fingerprint density at radius 3 is 2.00 bits per heavy atom. The monoisotopic (exact) mass is 380 g/mol. The molecular weight excluding hydrogens is 360 g/mol. The Morgan fingerprint density at radius 2 is 1.59 bits per heavy atom. The smallest absolute Gasteiger partial charge is 0.219 e. The van der Waals surface area contributed by atoms with E-state index in [4.69, 9.17) is 0 Å². The summed E-state index contributed by atoms with van der Waals surface area (Å²) >= 11 is 5.61. The maximum absolute atomic E-state index is 3.68. The first-order valence-electron chi connectivity index (χ1n) is 5.70. The zero-order valence-corrected chi connectivity index (χ0v) is 15.5. The summed E-state index contributed by atoms with van der Waals surface area (Å²) in [4.78, 5) is 3.24. The van der Waals surface area contributed by atoms with Crippen molar-refractivity contribution in [2.75, 3.05) is 0 Å². The zero-order chi connectivity index (χ0) is 12.6. The van der Waals surface area contributed by atoms with E-state index in [1.807, 2.05) is 11.4 Å². The Morgan fingerprint density at radius 1 is 1.06 bits per heavy atom. The summed E-state index contributed by atoms with van der Waals surface area (Å²) < 4.78 is 0. The van der Waals surface area contributed by atoms with Gasteiger partial charge >= 0.3 is 0 Å². The highest BCUT2D eigenvalue weighted by Gasteiger charge is 2.34. The minimum Gasteiger partial charge on any atom is -1.00 e. The summed E-state index contributed by atoms with van der Waals surface area (Å²) in [7, 11) is 0. The lowest BCUT2D eigenvalue weighted by Crippen LogP contribution is -3.00. The van der Waals surface area contributed by atoms with Crippen molar-refractivity contribution in [3.8, 4) is 0 Å². The third-order valence-corrected chi connectivity index (χ3v) is 4.95. The van der Waals surface area contributed by atoms with E-state index in [2.05, 4.69) is 75.7 Å². The summed E-state index contributed by atoms with van der Waals surface area (Å²) in [5.74, 6) is 0. The van der Waals surface area contributed by atoms with Crippen molar-refractivity contribution < 1.29 is 17.0 Å². The van der Waals surface area contributed by atoms with Crippen molar-refractivity contribution in [3.05, 3.63) is 23.1 Å². The molecule has 1 heterocycles. The van der Waals surface area contributed by atoms with Gasteiger partial charge in [-0.15, -0.1) is 0 Å². The highest BCUT2D eigenvalue weighted by atomic mass is 79.9. The Balaban J connectivity index is 0.00000256. The molecule has 1 rings (SSSR count). The first-order valence-corrected chi connectivity index (χ1v) is 7.44. The van der Waals surface area contributed by atoms with Crippen molar-refractivity contribution in [3.63, 3.8) is 0 Å². The van der Waals surface area contributed by atoms with E-state index in [0.29, 0.717) is 4.83 Å². The van der Waals surface area contributed by atoms with Crippen molar-refractivity contribution >= 4 is 32.1 Å². The molecule has 1 aliphatic rings. The van der Waals surface area contributed by atoms with Crippen LogP contribution in [0.3, 0.4) is 0 Å². The van der Waals surface area contributed by atoms with Crippen LogP contribution in [0, 0.1) is 10.8 Å². The third-order valence-electron chi connectivity index (χ3n) is 2.44. The summed E-state index contributed by atoms with van der Waals surface area (Å²) in [5.41, 5.74) is 0.446. The van der Waals surface area contributed by atoms with E-state index < -0.39 is 0 Å². The first-order chi connectivity index (χ1) is 7.10. The number of rotatable bonds is 0. The summed E-state index contributed by atoms with van der Waals surface area (Å²) in [6.45, 7) is 13.6. The standard InChI is InChI=1S/C14H22BrS.BrH/c1-13(2,3)11-8-7-10(15)9-12(16-11)14(4,5)6;/h7-10H,1-6H3;1H/q+1;/p-1. The summed E-state index contributed by atoms with van der Waals surface area (Å²) in [6, 6.07) is 0. The van der Waals surface area contributed by atoms with Crippen LogP contribution in [-0.2, 0) is 11.4 Å². The lowest BCUT2D eigenvalue weighted by Gasteiger charge is -2.14. The molecule has 0 saturated heterocycles. The van der Waals surface area contributed by atoms with E-state index >= 15 is 0 Å². The Hall–Kier alpha value is 0.530. The molecule has 0 amide bonds. The van der Waals surface area contributed by atoms with Crippen LogP contribution in [-0.4, -0.2) is 9.69 Å². The Labute approximate surface area is 129 Å². The van der Waals surface area contributed by atoms with Gasteiger partial charge in [0.15, 0.2) is 0 Å². The molecule has 1 aliphatic heterocycles. The van der Waals surface area contributed by atoms with Crippen molar-refractivity contribution in [2.24, 2.45) is 10.8 Å². The van der Waals surface area contributed by atoms with Crippen molar-refractivity contribution in [2.45, 2.75) is 46.4 Å². The molecule has 1 unspecified atom stereocenters. The van der Waals surface area contributed by atoms with E-state index in [-0.39, 0.29) is 27.8 Å².